The summed E-state index contributed by atoms with van der Waals surface area (Å²) in [5.74, 6) is -4.77. The van der Waals surface area contributed by atoms with Gasteiger partial charge in [-0.15, -0.1) is 6.58 Å². The van der Waals surface area contributed by atoms with Crippen LogP contribution in [0.5, 0.6) is 0 Å². The molecule has 4 nitrogen and oxygen atoms in total. The van der Waals surface area contributed by atoms with Crippen LogP contribution in [0.15, 0.2) is 43.0 Å². The molecule has 0 N–H and O–H groups in total. The van der Waals surface area contributed by atoms with E-state index in [0.29, 0.717) is 6.42 Å². The molecule has 0 saturated heterocycles. The summed E-state index contributed by atoms with van der Waals surface area (Å²) >= 11 is 0. The molecule has 28 heavy (non-hydrogen) atoms. The minimum Gasteiger partial charge on any atom is -0.447 e. The van der Waals surface area contributed by atoms with Gasteiger partial charge in [-0.25, -0.2) is 13.6 Å². The number of benzene rings is 1. The fraction of sp³-hybridized carbons (Fsp3) is 0.368. The first kappa shape index (κ1) is 20.0. The molecule has 1 heterocycles. The van der Waals surface area contributed by atoms with Crippen LogP contribution in [0.1, 0.15) is 46.3 Å². The Balaban J connectivity index is 2.07. The third kappa shape index (κ3) is 3.79. The zero-order chi connectivity index (χ0) is 20.5. The summed E-state index contributed by atoms with van der Waals surface area (Å²) in [5, 5.41) is 3.52. The molecule has 9 heteroatoms. The van der Waals surface area contributed by atoms with Crippen LogP contribution < -0.4 is 0 Å². The van der Waals surface area contributed by atoms with E-state index in [0.717, 1.165) is 4.68 Å². The van der Waals surface area contributed by atoms with Gasteiger partial charge in [0.1, 0.15) is 0 Å². The normalized spacial score (nSPS) is 18.4. The fourth-order valence-electron chi connectivity index (χ4n) is 3.18. The van der Waals surface area contributed by atoms with Gasteiger partial charge in [0.15, 0.2) is 11.8 Å². The molecule has 0 radical (unpaired) electrons. The first-order chi connectivity index (χ1) is 13.1. The number of aromatic nitrogens is 2. The Morgan fingerprint density at radius 1 is 1.32 bits per heavy atom. The van der Waals surface area contributed by atoms with E-state index in [4.69, 9.17) is 4.74 Å². The van der Waals surface area contributed by atoms with Crippen molar-refractivity contribution in [1.82, 2.24) is 9.78 Å². The third-order valence-electron chi connectivity index (χ3n) is 4.49. The lowest BCUT2D eigenvalue weighted by atomic mass is 9.89. The zero-order valence-corrected chi connectivity index (χ0v) is 14.7. The van der Waals surface area contributed by atoms with E-state index >= 15 is 0 Å². The molecule has 0 bridgehead atoms. The van der Waals surface area contributed by atoms with Crippen molar-refractivity contribution in [3.63, 3.8) is 0 Å². The van der Waals surface area contributed by atoms with Gasteiger partial charge in [0, 0.05) is 18.7 Å². The van der Waals surface area contributed by atoms with Gasteiger partial charge in [-0.3, -0.25) is 4.68 Å². The van der Waals surface area contributed by atoms with E-state index in [2.05, 4.69) is 11.7 Å². The first-order valence-electron chi connectivity index (χ1n) is 8.56. The summed E-state index contributed by atoms with van der Waals surface area (Å²) in [6.45, 7) is 3.56. The van der Waals surface area contributed by atoms with Crippen molar-refractivity contribution in [2.75, 3.05) is 0 Å². The molecule has 0 amide bonds. The fourth-order valence-corrected chi connectivity index (χ4v) is 3.18. The summed E-state index contributed by atoms with van der Waals surface area (Å²) in [7, 11) is 0. The molecule has 0 unspecified atom stereocenters. The van der Waals surface area contributed by atoms with Crippen molar-refractivity contribution in [3.8, 4) is 0 Å². The summed E-state index contributed by atoms with van der Waals surface area (Å²) in [4.78, 5) is 12.3. The van der Waals surface area contributed by atoms with Gasteiger partial charge in [-0.05, 0) is 25.0 Å². The van der Waals surface area contributed by atoms with Gasteiger partial charge in [0.05, 0.1) is 11.1 Å². The van der Waals surface area contributed by atoms with Gasteiger partial charge in [0.2, 0.25) is 0 Å². The number of hydrogen-bond donors (Lipinski definition) is 0. The molecule has 1 aliphatic rings. The lowest BCUT2D eigenvalue weighted by Gasteiger charge is -2.32. The minimum absolute atomic E-state index is 0.00552. The molecule has 2 aromatic rings. The maximum Gasteiger partial charge on any atom is 0.435 e. The average molecular weight is 400 g/mol. The number of fused-ring (bicyclic) bond motifs is 1. The molecule has 1 aromatic heterocycles. The molecular formula is C19H17F5N2O2. The van der Waals surface area contributed by atoms with Crippen LogP contribution >= 0.6 is 0 Å². The highest BCUT2D eigenvalue weighted by molar-refractivity contribution is 5.89. The number of rotatable bonds is 5. The Bertz CT molecular complexity index is 874. The highest BCUT2D eigenvalue weighted by Crippen LogP contribution is 2.48. The molecule has 0 saturated carbocycles. The van der Waals surface area contributed by atoms with Crippen molar-refractivity contribution in [2.45, 2.75) is 44.0 Å². The van der Waals surface area contributed by atoms with Crippen molar-refractivity contribution in [3.05, 3.63) is 65.5 Å². The number of ether oxygens (including phenoxy) is 1. The third-order valence-corrected chi connectivity index (χ3v) is 4.49. The van der Waals surface area contributed by atoms with Crippen molar-refractivity contribution >= 4 is 5.97 Å². The van der Waals surface area contributed by atoms with Crippen LogP contribution in [0.4, 0.5) is 22.0 Å². The average Bonchev–Trinajstić information content (AvgIpc) is 3.01. The predicted octanol–water partition coefficient (Wildman–Crippen LogP) is 4.96. The number of hydrogen-bond acceptors (Lipinski definition) is 3. The number of allylic oxidation sites excluding steroid dienone is 1. The number of aryl methyl sites for hydroxylation is 1. The maximum atomic E-state index is 14.6. The number of esters is 1. The highest BCUT2D eigenvalue weighted by atomic mass is 19.4. The predicted molar refractivity (Wildman–Crippen MR) is 89.9 cm³/mol. The van der Waals surface area contributed by atoms with E-state index in [1.54, 1.807) is 6.07 Å². The Kier molecular flexibility index (Phi) is 5.27. The lowest BCUT2D eigenvalue weighted by Crippen LogP contribution is -2.36. The second-order valence-electron chi connectivity index (χ2n) is 6.42. The molecule has 0 aliphatic heterocycles. The molecule has 0 fully saturated rings. The molecule has 150 valence electrons. The van der Waals surface area contributed by atoms with E-state index in [9.17, 15) is 26.7 Å². The van der Waals surface area contributed by atoms with Crippen molar-refractivity contribution in [2.24, 2.45) is 0 Å². The van der Waals surface area contributed by atoms with Crippen LogP contribution in [-0.2, 0) is 23.9 Å². The van der Waals surface area contributed by atoms with Gasteiger partial charge < -0.3 is 4.74 Å². The van der Waals surface area contributed by atoms with Crippen LogP contribution in [0.25, 0.3) is 0 Å². The van der Waals surface area contributed by atoms with E-state index < -0.39 is 41.9 Å². The number of carbonyl (C=O) groups excluding carboxylic acids is 1. The number of carbonyl (C=O) groups is 1. The van der Waals surface area contributed by atoms with Crippen LogP contribution in [0.3, 0.4) is 0 Å². The monoisotopic (exact) mass is 400 g/mol. The maximum absolute atomic E-state index is 14.6. The van der Waals surface area contributed by atoms with Crippen LogP contribution in [-0.4, -0.2) is 21.7 Å². The molecule has 1 aromatic carbocycles. The second-order valence-corrected chi connectivity index (χ2v) is 6.42. The molecule has 1 aliphatic carbocycles. The Hall–Kier alpha value is -2.71. The lowest BCUT2D eigenvalue weighted by molar-refractivity contribution is -0.151. The quantitative estimate of drug-likeness (QED) is 0.405. The number of alkyl halides is 5. The topological polar surface area (TPSA) is 44.1 Å². The zero-order valence-electron chi connectivity index (χ0n) is 14.7. The smallest absolute Gasteiger partial charge is 0.435 e. The van der Waals surface area contributed by atoms with Crippen LogP contribution in [0.2, 0.25) is 0 Å². The summed E-state index contributed by atoms with van der Waals surface area (Å²) in [5.41, 5.74) is -2.24. The first-order valence-corrected chi connectivity index (χ1v) is 8.56. The molecule has 3 rings (SSSR count). The standard InChI is InChI=1S/C19H17F5N2O2/c1-2-3-11-26-13-9-10-18(20,21)16(14(13)15(25-26)19(22,23)24)28-17(27)12-7-5-4-6-8-12/h2,4-8,16H,1,3,9-11H2/t16-/m0/s1. The van der Waals surface area contributed by atoms with Gasteiger partial charge >= 0.3 is 12.1 Å². The number of nitrogens with zero attached hydrogens (tertiary/aromatic N) is 2. The Morgan fingerprint density at radius 2 is 2.00 bits per heavy atom. The highest BCUT2D eigenvalue weighted by Gasteiger charge is 2.54. The largest absolute Gasteiger partial charge is 0.447 e. The van der Waals surface area contributed by atoms with Gasteiger partial charge in [-0.1, -0.05) is 24.3 Å². The Morgan fingerprint density at radius 3 is 2.61 bits per heavy atom. The van der Waals surface area contributed by atoms with Crippen molar-refractivity contribution < 1.29 is 31.5 Å². The summed E-state index contributed by atoms with van der Waals surface area (Å²) in [6.07, 6.45) is -6.57. The molecular weight excluding hydrogens is 383 g/mol. The summed E-state index contributed by atoms with van der Waals surface area (Å²) in [6, 6.07) is 7.27. The SMILES string of the molecule is C=CCCn1nc(C(F)(F)F)c2c1CCC(F)(F)[C@H]2OC(=O)c1ccccc1. The van der Waals surface area contributed by atoms with E-state index in [-0.39, 0.29) is 24.2 Å². The van der Waals surface area contributed by atoms with Crippen molar-refractivity contribution in [1.29, 1.82) is 0 Å². The Labute approximate surface area is 157 Å². The van der Waals surface area contributed by atoms with Crippen LogP contribution in [0, 0.1) is 0 Å². The van der Waals surface area contributed by atoms with E-state index in [1.165, 1.54) is 30.3 Å². The number of halogens is 5. The molecule has 0 spiro atoms. The molecule has 1 atom stereocenters. The second kappa shape index (κ2) is 7.37. The van der Waals surface area contributed by atoms with E-state index in [1.807, 2.05) is 0 Å². The summed E-state index contributed by atoms with van der Waals surface area (Å²) < 4.78 is 75.6. The van der Waals surface area contributed by atoms with Gasteiger partial charge in [-0.2, -0.15) is 18.3 Å². The minimum atomic E-state index is -4.96. The van der Waals surface area contributed by atoms with Gasteiger partial charge in [0.25, 0.3) is 5.92 Å².